The molecule has 0 radical (unpaired) electrons. The molecule has 0 amide bonds. The molecule has 24 heteroatoms. The van der Waals surface area contributed by atoms with Gasteiger partial charge < -0.3 is 18.9 Å². The van der Waals surface area contributed by atoms with Crippen molar-refractivity contribution in [1.29, 1.82) is 0 Å². The molecule has 20 nitrogen and oxygen atoms in total. The number of carbonyl (C=O) groups excluding carboxylic acids is 8. The van der Waals surface area contributed by atoms with E-state index >= 15 is 0 Å². The molecule has 0 aromatic heterocycles. The second kappa shape index (κ2) is 27.5. The minimum atomic E-state index is -1.70. The van der Waals surface area contributed by atoms with Gasteiger partial charge in [0, 0.05) is 11.8 Å². The van der Waals surface area contributed by atoms with E-state index in [0.717, 1.165) is 20.7 Å². The Morgan fingerprint density at radius 2 is 0.500 bits per heavy atom. The summed E-state index contributed by atoms with van der Waals surface area (Å²) in [5.74, 6) is -6.01. The third-order valence-electron chi connectivity index (χ3n) is 11.6. The van der Waals surface area contributed by atoms with E-state index in [1.165, 1.54) is 48.5 Å². The summed E-state index contributed by atoms with van der Waals surface area (Å²) < 4.78 is 20.8. The molecule has 0 fully saturated rings. The molecule has 0 saturated heterocycles. The molecular formula is C52H66O20Si4. The fraction of sp³-hybridized carbons (Fsp3) is 0.385. The van der Waals surface area contributed by atoms with Crippen LogP contribution in [0.1, 0.15) is 54.3 Å². The second-order valence-electron chi connectivity index (χ2n) is 21.5. The van der Waals surface area contributed by atoms with Crippen LogP contribution in [0.25, 0.3) is 0 Å². The maximum Gasteiger partial charge on any atom is 0.549 e. The van der Waals surface area contributed by atoms with Crippen molar-refractivity contribution < 1.29 is 96.4 Å². The van der Waals surface area contributed by atoms with Crippen LogP contribution in [0.2, 0.25) is 78.6 Å². The Morgan fingerprint density at radius 1 is 0.303 bits per heavy atom. The summed E-state index contributed by atoms with van der Waals surface area (Å²) in [6.45, 7) is 23.3. The van der Waals surface area contributed by atoms with Gasteiger partial charge in [0.05, 0.1) is 81.0 Å². The minimum Gasteiger partial charge on any atom is -0.432 e. The van der Waals surface area contributed by atoms with Crippen molar-refractivity contribution in [3.8, 4) is 0 Å². The number of hydrogen-bond acceptors (Lipinski definition) is 20. The maximum absolute atomic E-state index is 12.9. The van der Waals surface area contributed by atoms with Gasteiger partial charge in [-0.25, -0.2) is 58.3 Å². The first-order chi connectivity index (χ1) is 35.5. The lowest BCUT2D eigenvalue weighted by Gasteiger charge is -2.25. The first-order valence-electron chi connectivity index (χ1n) is 24.2. The van der Waals surface area contributed by atoms with Crippen LogP contribution in [0.5, 0.6) is 0 Å². The molecule has 0 bridgehead atoms. The minimum absolute atomic E-state index is 0.0847. The first kappa shape index (κ1) is 61.3. The molecule has 0 aliphatic rings. The highest BCUT2D eigenvalue weighted by atomic mass is 28.3. The van der Waals surface area contributed by atoms with Crippen LogP contribution in [-0.4, -0.2) is 107 Å². The van der Waals surface area contributed by atoms with Crippen molar-refractivity contribution in [2.75, 3.05) is 26.4 Å². The largest absolute Gasteiger partial charge is 0.549 e. The smallest absolute Gasteiger partial charge is 0.432 e. The summed E-state index contributed by atoms with van der Waals surface area (Å²) >= 11 is 0. The Balaban J connectivity index is 1.46. The van der Waals surface area contributed by atoms with Gasteiger partial charge in [0.2, 0.25) is 0 Å². The van der Waals surface area contributed by atoms with Crippen molar-refractivity contribution >= 4 is 102 Å². The molecule has 0 heterocycles. The van der Waals surface area contributed by atoms with Crippen molar-refractivity contribution in [1.82, 2.24) is 0 Å². The maximum atomic E-state index is 12.9. The quantitative estimate of drug-likeness (QED) is 0.0279. The molecular weight excluding hydrogens is 1060 g/mol. The average Bonchev–Trinajstić information content (AvgIpc) is 3.36. The molecule has 4 aromatic carbocycles. The Kier molecular flexibility index (Phi) is 22.1. The van der Waals surface area contributed by atoms with E-state index < -0.39 is 119 Å². The van der Waals surface area contributed by atoms with Gasteiger partial charge in [-0.3, -0.25) is 0 Å². The van der Waals surface area contributed by atoms with Crippen LogP contribution in [0.3, 0.4) is 0 Å². The molecule has 4 aromatic rings. The van der Waals surface area contributed by atoms with Crippen molar-refractivity contribution in [3.05, 3.63) is 119 Å². The Morgan fingerprint density at radius 3 is 0.697 bits per heavy atom. The van der Waals surface area contributed by atoms with Crippen LogP contribution in [-0.2, 0) is 58.0 Å². The van der Waals surface area contributed by atoms with E-state index in [0.29, 0.717) is 0 Å². The highest BCUT2D eigenvalue weighted by Gasteiger charge is 2.29. The van der Waals surface area contributed by atoms with Crippen LogP contribution in [0.4, 0.5) is 19.2 Å². The summed E-state index contributed by atoms with van der Waals surface area (Å²) in [6.07, 6.45) is -6.30. The SMILES string of the molecule is C[Si](C)(C)c1ccc(C(=O)OOC(=O)OCCC(COC(=O)OOC(=O)c2ccc([Si](C)(C)C)cc2)C(CCOC(=O)OOC(=O)c2ccc([Si](C)(C)C)cc2)COC(=O)OOC(=O)c2ccc([Si](C)(C)C)cc2)cc1. The van der Waals surface area contributed by atoms with Gasteiger partial charge in [0.1, 0.15) is 0 Å². The summed E-state index contributed by atoms with van der Waals surface area (Å²) in [5, 5.41) is 4.29. The predicted octanol–water partition coefficient (Wildman–Crippen LogP) is 8.88. The Hall–Kier alpha value is -7.29. The summed E-state index contributed by atoms with van der Waals surface area (Å²) in [4.78, 5) is 139. The van der Waals surface area contributed by atoms with Gasteiger partial charge in [0.25, 0.3) is 0 Å². The molecule has 410 valence electrons. The lowest BCUT2D eigenvalue weighted by atomic mass is 9.88. The zero-order chi connectivity index (χ0) is 56.4. The number of benzene rings is 4. The number of ether oxygens (including phenoxy) is 4. The summed E-state index contributed by atoms with van der Waals surface area (Å²) in [6, 6.07) is 26.5. The number of rotatable bonds is 19. The lowest BCUT2D eigenvalue weighted by molar-refractivity contribution is -0.208. The van der Waals surface area contributed by atoms with Crippen LogP contribution < -0.4 is 20.7 Å². The van der Waals surface area contributed by atoms with E-state index in [-0.39, 0.29) is 35.1 Å². The summed E-state index contributed by atoms with van der Waals surface area (Å²) in [7, 11) is -6.74. The monoisotopic (exact) mass is 1120 g/mol. The Labute approximate surface area is 445 Å². The molecule has 76 heavy (non-hydrogen) atoms. The van der Waals surface area contributed by atoms with E-state index in [1.807, 2.05) is 0 Å². The predicted molar refractivity (Wildman–Crippen MR) is 285 cm³/mol. The molecule has 0 spiro atoms. The zero-order valence-electron chi connectivity index (χ0n) is 44.8. The second-order valence-corrected chi connectivity index (χ2v) is 41.9. The molecule has 2 unspecified atom stereocenters. The highest BCUT2D eigenvalue weighted by molar-refractivity contribution is 6.90. The normalized spacial score (nSPS) is 12.3. The molecule has 0 N–H and O–H groups in total. The highest BCUT2D eigenvalue weighted by Crippen LogP contribution is 2.23. The van der Waals surface area contributed by atoms with Gasteiger partial charge in [-0.05, 0) is 61.4 Å². The van der Waals surface area contributed by atoms with Crippen molar-refractivity contribution in [3.63, 3.8) is 0 Å². The van der Waals surface area contributed by atoms with Gasteiger partial charge in [-0.2, -0.15) is 19.2 Å². The Bertz CT molecular complexity index is 2450. The fourth-order valence-corrected chi connectivity index (χ4v) is 11.5. The third kappa shape index (κ3) is 20.4. The van der Waals surface area contributed by atoms with E-state index in [2.05, 4.69) is 108 Å². The van der Waals surface area contributed by atoms with Gasteiger partial charge in [-0.1, -0.05) is 148 Å². The third-order valence-corrected chi connectivity index (χ3v) is 19.9. The topological polar surface area (TPSA) is 247 Å². The average molecular weight is 1120 g/mol. The molecule has 0 saturated carbocycles. The van der Waals surface area contributed by atoms with E-state index in [9.17, 15) is 38.4 Å². The van der Waals surface area contributed by atoms with Crippen molar-refractivity contribution in [2.45, 2.75) is 91.4 Å². The zero-order valence-corrected chi connectivity index (χ0v) is 48.8. The number of hydrogen-bond donors (Lipinski definition) is 0. The first-order valence-corrected chi connectivity index (χ1v) is 38.2. The van der Waals surface area contributed by atoms with Gasteiger partial charge in [0.15, 0.2) is 0 Å². The van der Waals surface area contributed by atoms with E-state index in [4.69, 9.17) is 28.7 Å². The standard InChI is InChI=1S/C52H66O20Si4/c1-73(2,3)41-21-13-35(14-22-41)45(53)65-69-49(57)61-31-29-39(33-63-51(59)71-67-47(55)37-17-25-43(26-18-37)75(7,8)9)40(34-64-52(60)72-68-48(56)38-19-27-44(28-20-38)76(10,11)12)30-32-62-50(58)70-66-46(54)36-15-23-42(24-16-36)74(4,5)6/h13-28,39-40H,29-34H2,1-12H3. The van der Waals surface area contributed by atoms with Crippen LogP contribution in [0, 0.1) is 11.8 Å². The van der Waals surface area contributed by atoms with Crippen molar-refractivity contribution in [2.24, 2.45) is 11.8 Å². The molecule has 0 aliphatic carbocycles. The van der Waals surface area contributed by atoms with Gasteiger partial charge in [-0.15, -0.1) is 0 Å². The van der Waals surface area contributed by atoms with Crippen LogP contribution >= 0.6 is 0 Å². The molecule has 2 atom stereocenters. The summed E-state index contributed by atoms with van der Waals surface area (Å²) in [5.41, 5.74) is 0.379. The molecule has 0 aliphatic heterocycles. The lowest BCUT2D eigenvalue weighted by Crippen LogP contribution is -2.37. The van der Waals surface area contributed by atoms with Gasteiger partial charge >= 0.3 is 48.5 Å². The fourth-order valence-electron chi connectivity index (χ4n) is 6.85. The number of carbonyl (C=O) groups is 8. The van der Waals surface area contributed by atoms with E-state index in [1.54, 1.807) is 48.5 Å². The van der Waals surface area contributed by atoms with Crippen LogP contribution in [0.15, 0.2) is 97.1 Å². The molecule has 4 rings (SSSR count).